The van der Waals surface area contributed by atoms with Gasteiger partial charge in [-0.05, 0) is 19.4 Å². The number of likely N-dealkylation sites (N-methyl/N-ethyl adjacent to an activating group) is 1. The quantitative estimate of drug-likeness (QED) is 0.924. The summed E-state index contributed by atoms with van der Waals surface area (Å²) in [5.74, 6) is -0.116. The number of rotatable bonds is 4. The van der Waals surface area contributed by atoms with Gasteiger partial charge < -0.3 is 14.6 Å². The summed E-state index contributed by atoms with van der Waals surface area (Å²) in [6.07, 6.45) is 7.77. The van der Waals surface area contributed by atoms with Crippen LogP contribution in [0.5, 0.6) is 5.75 Å². The molecule has 1 N–H and O–H groups in total. The average Bonchev–Trinajstić information content (AvgIpc) is 2.59. The Morgan fingerprint density at radius 2 is 1.74 bits per heavy atom. The Labute approximate surface area is 138 Å². The van der Waals surface area contributed by atoms with E-state index in [0.29, 0.717) is 6.04 Å². The molecule has 3 rings (SSSR count). The monoisotopic (exact) mass is 319 g/mol. The summed E-state index contributed by atoms with van der Waals surface area (Å²) < 4.78 is 2.18. The molecule has 0 amide bonds. The summed E-state index contributed by atoms with van der Waals surface area (Å²) in [6.45, 7) is 8.42. The predicted octanol–water partition coefficient (Wildman–Crippen LogP) is 2.20. The number of nitrogens with zero attached hydrogens (tertiary/aromatic N) is 3. The SMILES string of the molecule is CCN1CCN(Cc2cc(=O)c(O)cn2C2CCCCC2)CC1. The summed E-state index contributed by atoms with van der Waals surface area (Å²) >= 11 is 0. The van der Waals surface area contributed by atoms with Crippen LogP contribution in [0.4, 0.5) is 0 Å². The topological polar surface area (TPSA) is 48.7 Å². The zero-order valence-corrected chi connectivity index (χ0v) is 14.2. The van der Waals surface area contributed by atoms with Crippen molar-refractivity contribution in [3.8, 4) is 5.75 Å². The number of piperazine rings is 1. The van der Waals surface area contributed by atoms with Crippen LogP contribution in [0.3, 0.4) is 0 Å². The molecule has 2 heterocycles. The van der Waals surface area contributed by atoms with Crippen LogP contribution in [0.1, 0.15) is 50.8 Å². The molecule has 0 atom stereocenters. The standard InChI is InChI=1S/C18H29N3O2/c1-2-19-8-10-20(11-9-19)13-16-12-17(22)18(23)14-21(16)15-6-4-3-5-7-15/h12,14-15,23H,2-11,13H2,1H3. The smallest absolute Gasteiger partial charge is 0.223 e. The first-order valence-corrected chi connectivity index (χ1v) is 9.06. The van der Waals surface area contributed by atoms with E-state index < -0.39 is 0 Å². The Bertz CT molecular complexity index is 570. The minimum absolute atomic E-state index is 0.116. The minimum Gasteiger partial charge on any atom is -0.503 e. The van der Waals surface area contributed by atoms with E-state index in [1.807, 2.05) is 0 Å². The maximum absolute atomic E-state index is 11.9. The van der Waals surface area contributed by atoms with Crippen molar-refractivity contribution in [2.45, 2.75) is 51.6 Å². The maximum atomic E-state index is 11.9. The van der Waals surface area contributed by atoms with Crippen molar-refractivity contribution in [3.63, 3.8) is 0 Å². The molecule has 0 radical (unpaired) electrons. The molecule has 1 aromatic heterocycles. The fourth-order valence-electron chi connectivity index (χ4n) is 3.90. The molecule has 0 spiro atoms. The van der Waals surface area contributed by atoms with Gasteiger partial charge in [0.1, 0.15) is 0 Å². The van der Waals surface area contributed by atoms with Gasteiger partial charge in [-0.25, -0.2) is 0 Å². The minimum atomic E-state index is -0.251. The molecule has 0 bridgehead atoms. The molecule has 23 heavy (non-hydrogen) atoms. The summed E-state index contributed by atoms with van der Waals surface area (Å²) in [6, 6.07) is 2.08. The largest absolute Gasteiger partial charge is 0.503 e. The number of pyridine rings is 1. The molecule has 5 nitrogen and oxygen atoms in total. The lowest BCUT2D eigenvalue weighted by Gasteiger charge is -2.35. The summed E-state index contributed by atoms with van der Waals surface area (Å²) in [5, 5.41) is 9.87. The second kappa shape index (κ2) is 7.49. The molecule has 0 unspecified atom stereocenters. The molecule has 1 aromatic rings. The zero-order valence-electron chi connectivity index (χ0n) is 14.2. The van der Waals surface area contributed by atoms with Crippen LogP contribution in [-0.4, -0.2) is 52.2 Å². The van der Waals surface area contributed by atoms with Gasteiger partial charge in [0.05, 0.1) is 6.20 Å². The van der Waals surface area contributed by atoms with Crippen LogP contribution in [0.25, 0.3) is 0 Å². The molecular formula is C18H29N3O2. The van der Waals surface area contributed by atoms with E-state index in [1.54, 1.807) is 12.3 Å². The normalized spacial score (nSPS) is 21.6. The molecule has 1 aliphatic heterocycles. The van der Waals surface area contributed by atoms with E-state index in [1.165, 1.54) is 19.3 Å². The lowest BCUT2D eigenvalue weighted by Crippen LogP contribution is -2.46. The van der Waals surface area contributed by atoms with E-state index in [2.05, 4.69) is 21.3 Å². The van der Waals surface area contributed by atoms with Crippen LogP contribution in [0.15, 0.2) is 17.1 Å². The second-order valence-corrected chi connectivity index (χ2v) is 6.92. The first kappa shape index (κ1) is 16.5. The van der Waals surface area contributed by atoms with Gasteiger partial charge in [-0.2, -0.15) is 0 Å². The van der Waals surface area contributed by atoms with Crippen LogP contribution in [0, 0.1) is 0 Å². The van der Waals surface area contributed by atoms with Crippen molar-refractivity contribution < 1.29 is 5.11 Å². The van der Waals surface area contributed by atoms with Gasteiger partial charge in [0.15, 0.2) is 5.75 Å². The van der Waals surface area contributed by atoms with Crippen molar-refractivity contribution in [1.82, 2.24) is 14.4 Å². The first-order valence-electron chi connectivity index (χ1n) is 9.06. The molecule has 1 saturated heterocycles. The number of hydrogen-bond donors (Lipinski definition) is 1. The van der Waals surface area contributed by atoms with Gasteiger partial charge >= 0.3 is 0 Å². The van der Waals surface area contributed by atoms with E-state index in [0.717, 1.165) is 57.8 Å². The lowest BCUT2D eigenvalue weighted by atomic mass is 9.95. The summed E-state index contributed by atoms with van der Waals surface area (Å²) in [7, 11) is 0. The second-order valence-electron chi connectivity index (χ2n) is 6.92. The highest BCUT2D eigenvalue weighted by atomic mass is 16.3. The van der Waals surface area contributed by atoms with E-state index in [-0.39, 0.29) is 11.2 Å². The van der Waals surface area contributed by atoms with Gasteiger partial charge in [0.2, 0.25) is 5.43 Å². The molecule has 128 valence electrons. The van der Waals surface area contributed by atoms with Gasteiger partial charge in [0.25, 0.3) is 0 Å². The van der Waals surface area contributed by atoms with E-state index in [9.17, 15) is 9.90 Å². The highest BCUT2D eigenvalue weighted by Crippen LogP contribution is 2.30. The van der Waals surface area contributed by atoms with Gasteiger partial charge in [-0.15, -0.1) is 0 Å². The molecule has 1 saturated carbocycles. The fraction of sp³-hybridized carbons (Fsp3) is 0.722. The highest BCUT2D eigenvalue weighted by molar-refractivity contribution is 5.21. The van der Waals surface area contributed by atoms with Crippen molar-refractivity contribution in [2.24, 2.45) is 0 Å². The molecule has 2 fully saturated rings. The Kier molecular flexibility index (Phi) is 5.38. The third kappa shape index (κ3) is 3.96. The van der Waals surface area contributed by atoms with Crippen molar-refractivity contribution >= 4 is 0 Å². The van der Waals surface area contributed by atoms with Crippen molar-refractivity contribution in [1.29, 1.82) is 0 Å². The fourth-order valence-corrected chi connectivity index (χ4v) is 3.90. The third-order valence-electron chi connectivity index (χ3n) is 5.41. The molecular weight excluding hydrogens is 290 g/mol. The number of aromatic nitrogens is 1. The van der Waals surface area contributed by atoms with Crippen LogP contribution in [0.2, 0.25) is 0 Å². The third-order valence-corrected chi connectivity index (χ3v) is 5.41. The number of aromatic hydroxyl groups is 1. The maximum Gasteiger partial charge on any atom is 0.223 e. The van der Waals surface area contributed by atoms with Gasteiger partial charge in [0, 0.05) is 50.5 Å². The average molecular weight is 319 g/mol. The Morgan fingerprint density at radius 1 is 1.09 bits per heavy atom. The molecule has 2 aliphatic rings. The van der Waals surface area contributed by atoms with E-state index >= 15 is 0 Å². The van der Waals surface area contributed by atoms with Crippen molar-refractivity contribution in [3.05, 3.63) is 28.2 Å². The lowest BCUT2D eigenvalue weighted by molar-refractivity contribution is 0.128. The molecule has 1 aliphatic carbocycles. The summed E-state index contributed by atoms with van der Waals surface area (Å²) in [5.41, 5.74) is 0.809. The zero-order chi connectivity index (χ0) is 16.2. The van der Waals surface area contributed by atoms with Gasteiger partial charge in [-0.1, -0.05) is 26.2 Å². The highest BCUT2D eigenvalue weighted by Gasteiger charge is 2.21. The van der Waals surface area contributed by atoms with Gasteiger partial charge in [-0.3, -0.25) is 9.69 Å². The van der Waals surface area contributed by atoms with Crippen LogP contribution < -0.4 is 5.43 Å². The van der Waals surface area contributed by atoms with E-state index in [4.69, 9.17) is 0 Å². The predicted molar refractivity (Wildman–Crippen MR) is 91.9 cm³/mol. The number of hydrogen-bond acceptors (Lipinski definition) is 4. The van der Waals surface area contributed by atoms with Crippen molar-refractivity contribution in [2.75, 3.05) is 32.7 Å². The Balaban J connectivity index is 1.77. The Morgan fingerprint density at radius 3 is 2.39 bits per heavy atom. The van der Waals surface area contributed by atoms with Crippen LogP contribution in [-0.2, 0) is 6.54 Å². The Hall–Kier alpha value is -1.33. The van der Waals surface area contributed by atoms with Crippen LogP contribution >= 0.6 is 0 Å². The summed E-state index contributed by atoms with van der Waals surface area (Å²) in [4.78, 5) is 16.8. The molecule has 0 aromatic carbocycles. The molecule has 5 heteroatoms. The first-order chi connectivity index (χ1) is 11.2.